The molecule has 6 heteroatoms. The normalized spacial score (nSPS) is 14.3. The Labute approximate surface area is 104 Å². The number of aryl methyl sites for hydroxylation is 1. The largest absolute Gasteiger partial charge is 0.397 e. The highest BCUT2D eigenvalue weighted by Gasteiger charge is 2.11. The number of carbonyl (C=O) groups is 1. The number of nitrogen functional groups attached to an aromatic ring is 1. The minimum Gasteiger partial charge on any atom is -0.397 e. The molecule has 1 aromatic rings. The summed E-state index contributed by atoms with van der Waals surface area (Å²) in [4.78, 5) is 11.8. The first-order chi connectivity index (χ1) is 7.91. The molecule has 5 nitrogen and oxygen atoms in total. The first kappa shape index (κ1) is 13.8. The van der Waals surface area contributed by atoms with Crippen molar-refractivity contribution in [2.75, 3.05) is 18.5 Å². The van der Waals surface area contributed by atoms with Gasteiger partial charge in [0.1, 0.15) is 5.69 Å². The van der Waals surface area contributed by atoms with Gasteiger partial charge in [0.25, 0.3) is 5.91 Å². The smallest absolute Gasteiger partial charge is 0.267 e. The van der Waals surface area contributed by atoms with E-state index in [4.69, 9.17) is 5.73 Å². The highest BCUT2D eigenvalue weighted by atomic mass is 32.2. The highest BCUT2D eigenvalue weighted by molar-refractivity contribution is 7.84. The van der Waals surface area contributed by atoms with E-state index in [2.05, 4.69) is 5.32 Å². The van der Waals surface area contributed by atoms with Crippen LogP contribution in [0.1, 0.15) is 23.8 Å². The third-order valence-corrected chi connectivity index (χ3v) is 4.03. The van der Waals surface area contributed by atoms with Gasteiger partial charge in [0.2, 0.25) is 0 Å². The van der Waals surface area contributed by atoms with Crippen molar-refractivity contribution in [3.05, 3.63) is 18.0 Å². The summed E-state index contributed by atoms with van der Waals surface area (Å²) in [5, 5.41) is 2.88. The van der Waals surface area contributed by atoms with E-state index in [0.29, 0.717) is 24.3 Å². The molecule has 0 saturated heterocycles. The molecule has 0 aliphatic rings. The van der Waals surface area contributed by atoms with Crippen molar-refractivity contribution in [1.29, 1.82) is 0 Å². The molecule has 1 aromatic heterocycles. The van der Waals surface area contributed by atoms with E-state index in [1.807, 2.05) is 6.92 Å². The molecule has 1 amide bonds. The average Bonchev–Trinajstić information content (AvgIpc) is 2.57. The van der Waals surface area contributed by atoms with Gasteiger partial charge in [-0.3, -0.25) is 9.00 Å². The first-order valence-corrected chi connectivity index (χ1v) is 7.06. The van der Waals surface area contributed by atoms with E-state index in [1.165, 1.54) is 0 Å². The Hall–Kier alpha value is -1.30. The Morgan fingerprint density at radius 3 is 2.76 bits per heavy atom. The number of rotatable bonds is 5. The second kappa shape index (κ2) is 5.86. The maximum absolute atomic E-state index is 11.8. The van der Waals surface area contributed by atoms with Crippen LogP contribution in [0.15, 0.2) is 12.3 Å². The second-order valence-electron chi connectivity index (χ2n) is 4.12. The molecule has 0 radical (unpaired) electrons. The average molecular weight is 257 g/mol. The predicted octanol–water partition coefficient (Wildman–Crippen LogP) is 0.494. The second-order valence-corrected chi connectivity index (χ2v) is 5.93. The molecule has 3 N–H and O–H groups in total. The molecule has 2 unspecified atom stereocenters. The van der Waals surface area contributed by atoms with Gasteiger partial charge >= 0.3 is 0 Å². The molecule has 2 atom stereocenters. The molecule has 0 spiro atoms. The predicted molar refractivity (Wildman–Crippen MR) is 70.3 cm³/mol. The lowest BCUT2D eigenvalue weighted by Gasteiger charge is -2.09. The number of nitrogens with one attached hydrogen (secondary N) is 1. The summed E-state index contributed by atoms with van der Waals surface area (Å²) in [6.45, 7) is 2.42. The number of anilines is 1. The van der Waals surface area contributed by atoms with Gasteiger partial charge in [0, 0.05) is 42.1 Å². The summed E-state index contributed by atoms with van der Waals surface area (Å²) in [6, 6.07) is 1.64. The topological polar surface area (TPSA) is 77.1 Å². The maximum Gasteiger partial charge on any atom is 0.267 e. The van der Waals surface area contributed by atoms with Gasteiger partial charge in [-0.15, -0.1) is 0 Å². The van der Waals surface area contributed by atoms with E-state index >= 15 is 0 Å². The molecule has 1 heterocycles. The number of nitrogens with zero attached hydrogens (tertiary/aromatic N) is 1. The Morgan fingerprint density at radius 2 is 2.29 bits per heavy atom. The summed E-state index contributed by atoms with van der Waals surface area (Å²) < 4.78 is 12.8. The zero-order valence-electron chi connectivity index (χ0n) is 10.4. The molecular formula is C11H19N3O2S. The Bertz CT molecular complexity index is 428. The monoisotopic (exact) mass is 257 g/mol. The van der Waals surface area contributed by atoms with Crippen molar-refractivity contribution in [3.8, 4) is 0 Å². The van der Waals surface area contributed by atoms with Gasteiger partial charge in [-0.1, -0.05) is 6.92 Å². The fourth-order valence-electron chi connectivity index (χ4n) is 1.46. The van der Waals surface area contributed by atoms with Crippen LogP contribution < -0.4 is 11.1 Å². The molecule has 0 aliphatic heterocycles. The van der Waals surface area contributed by atoms with Crippen LogP contribution in [0.2, 0.25) is 0 Å². The van der Waals surface area contributed by atoms with Gasteiger partial charge in [-0.05, 0) is 12.5 Å². The number of nitrogens with two attached hydrogens (primary N) is 1. The summed E-state index contributed by atoms with van der Waals surface area (Å²) in [5.74, 6) is -0.154. The molecule has 0 fully saturated rings. The molecule has 96 valence electrons. The Balaban J connectivity index is 2.45. The number of hydrogen-bond acceptors (Lipinski definition) is 3. The lowest BCUT2D eigenvalue weighted by molar-refractivity contribution is 0.0945. The van der Waals surface area contributed by atoms with Crippen molar-refractivity contribution in [3.63, 3.8) is 0 Å². The van der Waals surface area contributed by atoms with Crippen molar-refractivity contribution in [1.82, 2.24) is 9.88 Å². The summed E-state index contributed by atoms with van der Waals surface area (Å²) in [6.07, 6.45) is 4.07. The van der Waals surface area contributed by atoms with E-state index in [1.54, 1.807) is 30.1 Å². The third-order valence-electron chi connectivity index (χ3n) is 2.66. The first-order valence-electron chi connectivity index (χ1n) is 5.44. The summed E-state index contributed by atoms with van der Waals surface area (Å²) in [7, 11) is 0.927. The lowest BCUT2D eigenvalue weighted by atomic mass is 10.3. The van der Waals surface area contributed by atoms with Crippen LogP contribution >= 0.6 is 0 Å². The van der Waals surface area contributed by atoms with Crippen molar-refractivity contribution >= 4 is 22.4 Å². The van der Waals surface area contributed by atoms with Crippen LogP contribution in [0.4, 0.5) is 5.69 Å². The number of hydrogen-bond donors (Lipinski definition) is 2. The quantitative estimate of drug-likeness (QED) is 0.806. The van der Waals surface area contributed by atoms with E-state index < -0.39 is 10.8 Å². The van der Waals surface area contributed by atoms with E-state index in [0.717, 1.165) is 0 Å². The van der Waals surface area contributed by atoms with Crippen LogP contribution in [-0.4, -0.2) is 32.7 Å². The lowest BCUT2D eigenvalue weighted by Crippen LogP contribution is -2.28. The van der Waals surface area contributed by atoms with Crippen LogP contribution in [0.5, 0.6) is 0 Å². The van der Waals surface area contributed by atoms with Crippen LogP contribution in [0.3, 0.4) is 0 Å². The van der Waals surface area contributed by atoms with Crippen molar-refractivity contribution in [2.24, 2.45) is 7.05 Å². The molecule has 0 aromatic carbocycles. The third kappa shape index (κ3) is 3.89. The highest BCUT2D eigenvalue weighted by Crippen LogP contribution is 2.08. The molecule has 17 heavy (non-hydrogen) atoms. The Morgan fingerprint density at radius 1 is 1.65 bits per heavy atom. The fourth-order valence-corrected chi connectivity index (χ4v) is 1.91. The standard InChI is InChI=1S/C11H19N3O2S/c1-8(17(3)16)4-5-13-11(15)10-6-9(12)7-14(10)2/h6-8H,4-5,12H2,1-3H3,(H,13,15). The maximum atomic E-state index is 11.8. The molecule has 0 aliphatic carbocycles. The van der Waals surface area contributed by atoms with Gasteiger partial charge < -0.3 is 15.6 Å². The van der Waals surface area contributed by atoms with Gasteiger partial charge in [-0.2, -0.15) is 0 Å². The number of amides is 1. The van der Waals surface area contributed by atoms with Gasteiger partial charge in [0.15, 0.2) is 0 Å². The minimum atomic E-state index is -0.846. The van der Waals surface area contributed by atoms with Crippen molar-refractivity contribution < 1.29 is 9.00 Å². The Kier molecular flexibility index (Phi) is 4.74. The van der Waals surface area contributed by atoms with Crippen LogP contribution in [-0.2, 0) is 17.8 Å². The van der Waals surface area contributed by atoms with Crippen molar-refractivity contribution in [2.45, 2.75) is 18.6 Å². The molecular weight excluding hydrogens is 238 g/mol. The zero-order valence-corrected chi connectivity index (χ0v) is 11.2. The molecule has 0 bridgehead atoms. The molecule has 0 saturated carbocycles. The van der Waals surface area contributed by atoms with E-state index in [9.17, 15) is 9.00 Å². The summed E-state index contributed by atoms with van der Waals surface area (Å²) >= 11 is 0. The fraction of sp³-hybridized carbons (Fsp3) is 0.545. The SMILES string of the molecule is CC(CCNC(=O)c1cc(N)cn1C)S(C)=O. The van der Waals surface area contributed by atoms with Gasteiger partial charge in [0.05, 0.1) is 5.69 Å². The minimum absolute atomic E-state index is 0.0915. The number of carbonyl (C=O) groups excluding carboxylic acids is 1. The van der Waals surface area contributed by atoms with Crippen LogP contribution in [0.25, 0.3) is 0 Å². The molecule has 1 rings (SSSR count). The van der Waals surface area contributed by atoms with Gasteiger partial charge in [-0.25, -0.2) is 0 Å². The number of aromatic nitrogens is 1. The van der Waals surface area contributed by atoms with E-state index in [-0.39, 0.29) is 11.2 Å². The summed E-state index contributed by atoms with van der Waals surface area (Å²) in [5.41, 5.74) is 6.70. The zero-order chi connectivity index (χ0) is 13.0. The van der Waals surface area contributed by atoms with Crippen LogP contribution in [0, 0.1) is 0 Å².